The van der Waals surface area contributed by atoms with Crippen LogP contribution in [-0.4, -0.2) is 40.4 Å². The van der Waals surface area contributed by atoms with E-state index < -0.39 is 0 Å². The Balaban J connectivity index is 1.57. The Kier molecular flexibility index (Phi) is 7.10. The molecule has 0 bridgehead atoms. The number of carbonyl (C=O) groups excluding carboxylic acids is 2. The molecule has 0 unspecified atom stereocenters. The molecule has 2 heterocycles. The van der Waals surface area contributed by atoms with Crippen LogP contribution in [0.25, 0.3) is 0 Å². The van der Waals surface area contributed by atoms with E-state index in [4.69, 9.17) is 11.6 Å². The third kappa shape index (κ3) is 4.80. The van der Waals surface area contributed by atoms with Gasteiger partial charge < -0.3 is 4.90 Å². The number of carbonyl (C=O) groups is 2. The van der Waals surface area contributed by atoms with Gasteiger partial charge in [-0.05, 0) is 43.5 Å². The third-order valence-corrected chi connectivity index (χ3v) is 7.37. The first-order valence-corrected chi connectivity index (χ1v) is 11.4. The fourth-order valence-corrected chi connectivity index (χ4v) is 5.49. The molecule has 27 heavy (non-hydrogen) atoms. The summed E-state index contributed by atoms with van der Waals surface area (Å²) < 4.78 is 0. The lowest BCUT2D eigenvalue weighted by molar-refractivity contribution is -0.132. The maximum Gasteiger partial charge on any atom is 0.238 e. The Hall–Kier alpha value is -1.20. The van der Waals surface area contributed by atoms with Gasteiger partial charge in [0.1, 0.15) is 0 Å². The first-order valence-electron chi connectivity index (χ1n) is 10.1. The maximum atomic E-state index is 12.6. The molecule has 3 rings (SSSR count). The minimum Gasteiger partial charge on any atom is -0.342 e. The van der Waals surface area contributed by atoms with Crippen molar-refractivity contribution in [3.8, 4) is 0 Å². The van der Waals surface area contributed by atoms with E-state index in [-0.39, 0.29) is 16.7 Å². The second-order valence-corrected chi connectivity index (χ2v) is 9.26. The van der Waals surface area contributed by atoms with Gasteiger partial charge in [-0.3, -0.25) is 14.5 Å². The fraction of sp³-hybridized carbons (Fsp3) is 0.619. The molecule has 0 N–H and O–H groups in total. The number of hydrogen-bond acceptors (Lipinski definition) is 3. The first kappa shape index (κ1) is 20.5. The first-order chi connectivity index (χ1) is 13.1. The van der Waals surface area contributed by atoms with Gasteiger partial charge in [0.2, 0.25) is 11.8 Å². The lowest BCUT2D eigenvalue weighted by atomic mass is 10.0. The number of benzene rings is 1. The highest BCUT2D eigenvalue weighted by molar-refractivity contribution is 8.02. The molecule has 0 atom stereocenters. The zero-order chi connectivity index (χ0) is 19.3. The number of anilines is 1. The summed E-state index contributed by atoms with van der Waals surface area (Å²) in [5.74, 6) is 0.931. The van der Waals surface area contributed by atoms with Gasteiger partial charge in [0, 0.05) is 30.2 Å². The monoisotopic (exact) mass is 408 g/mol. The summed E-state index contributed by atoms with van der Waals surface area (Å²) in [6.07, 6.45) is 8.15. The van der Waals surface area contributed by atoms with Crippen LogP contribution in [-0.2, 0) is 9.59 Å². The number of thioether (sulfide) groups is 1. The summed E-state index contributed by atoms with van der Waals surface area (Å²) in [6.45, 7) is 3.67. The Labute approximate surface area is 171 Å². The summed E-state index contributed by atoms with van der Waals surface area (Å²) in [5.41, 5.74) is 0.908. The van der Waals surface area contributed by atoms with Gasteiger partial charge in [0.15, 0.2) is 0 Å². The van der Waals surface area contributed by atoms with E-state index in [9.17, 15) is 9.59 Å². The number of halogens is 1. The topological polar surface area (TPSA) is 40.6 Å². The van der Waals surface area contributed by atoms with Crippen LogP contribution in [0.15, 0.2) is 24.3 Å². The minimum absolute atomic E-state index is 0.151. The molecule has 1 aromatic carbocycles. The van der Waals surface area contributed by atoms with E-state index in [1.54, 1.807) is 11.8 Å². The van der Waals surface area contributed by atoms with E-state index >= 15 is 0 Å². The summed E-state index contributed by atoms with van der Waals surface area (Å²) in [6, 6.07) is 7.50. The Morgan fingerprint density at radius 2 is 1.78 bits per heavy atom. The summed E-state index contributed by atoms with van der Waals surface area (Å²) >= 11 is 7.73. The zero-order valence-corrected chi connectivity index (χ0v) is 17.7. The quantitative estimate of drug-likeness (QED) is 0.589. The lowest BCUT2D eigenvalue weighted by Gasteiger charge is -2.44. The molecule has 2 aliphatic rings. The molecule has 0 aliphatic carbocycles. The molecule has 2 saturated heterocycles. The van der Waals surface area contributed by atoms with Gasteiger partial charge in [-0.25, -0.2) is 0 Å². The van der Waals surface area contributed by atoms with Crippen LogP contribution < -0.4 is 4.90 Å². The largest absolute Gasteiger partial charge is 0.342 e. The highest BCUT2D eigenvalue weighted by Gasteiger charge is 2.48. The highest BCUT2D eigenvalue weighted by atomic mass is 35.5. The number of hydrogen-bond donors (Lipinski definition) is 0. The van der Waals surface area contributed by atoms with Gasteiger partial charge in [0.25, 0.3) is 0 Å². The molecule has 4 nitrogen and oxygen atoms in total. The van der Waals surface area contributed by atoms with Gasteiger partial charge >= 0.3 is 0 Å². The molecule has 148 valence electrons. The number of nitrogens with zero attached hydrogens (tertiary/aromatic N) is 2. The van der Waals surface area contributed by atoms with E-state index in [0.29, 0.717) is 17.2 Å². The number of piperidine rings is 1. The van der Waals surface area contributed by atoms with Crippen molar-refractivity contribution in [1.82, 2.24) is 4.90 Å². The Morgan fingerprint density at radius 1 is 1.11 bits per heavy atom. The molecule has 0 saturated carbocycles. The molecular weight excluding hydrogens is 380 g/mol. The average Bonchev–Trinajstić information content (AvgIpc) is 2.99. The number of rotatable bonds is 7. The summed E-state index contributed by atoms with van der Waals surface area (Å²) in [7, 11) is 0. The van der Waals surface area contributed by atoms with Gasteiger partial charge in [0.05, 0.1) is 10.6 Å². The molecule has 2 aliphatic heterocycles. The number of likely N-dealkylation sites (tertiary alicyclic amines) is 1. The van der Waals surface area contributed by atoms with Crippen molar-refractivity contribution < 1.29 is 9.59 Å². The average molecular weight is 409 g/mol. The van der Waals surface area contributed by atoms with Crippen LogP contribution in [0.2, 0.25) is 5.02 Å². The van der Waals surface area contributed by atoms with Crippen molar-refractivity contribution in [3.63, 3.8) is 0 Å². The van der Waals surface area contributed by atoms with Crippen molar-refractivity contribution >= 4 is 40.9 Å². The molecule has 0 radical (unpaired) electrons. The zero-order valence-electron chi connectivity index (χ0n) is 16.1. The number of unbranched alkanes of at least 4 members (excludes halogenated alkanes) is 4. The standard InChI is InChI=1S/C21H29ClN2O2S/c1-2-3-4-5-6-7-19(25)23-14-12-21(13-15-23)24(20(26)16-27-21)18-10-8-17(22)9-11-18/h8-11H,2-7,12-16H2,1H3. The van der Waals surface area contributed by atoms with Crippen molar-refractivity contribution in [2.45, 2.75) is 63.2 Å². The van der Waals surface area contributed by atoms with Gasteiger partial charge in [-0.15, -0.1) is 11.8 Å². The highest BCUT2D eigenvalue weighted by Crippen LogP contribution is 2.46. The minimum atomic E-state index is -0.219. The van der Waals surface area contributed by atoms with Gasteiger partial charge in [-0.1, -0.05) is 44.2 Å². The van der Waals surface area contributed by atoms with Crippen LogP contribution in [0.1, 0.15) is 58.3 Å². The second kappa shape index (κ2) is 9.33. The van der Waals surface area contributed by atoms with E-state index in [1.165, 1.54) is 19.3 Å². The smallest absolute Gasteiger partial charge is 0.238 e. The predicted molar refractivity (Wildman–Crippen MR) is 113 cm³/mol. The summed E-state index contributed by atoms with van der Waals surface area (Å²) in [4.78, 5) is 28.8. The van der Waals surface area contributed by atoms with E-state index in [1.807, 2.05) is 34.1 Å². The Bertz CT molecular complexity index is 657. The second-order valence-electron chi connectivity index (χ2n) is 7.49. The predicted octanol–water partition coefficient (Wildman–Crippen LogP) is 5.10. The summed E-state index contributed by atoms with van der Waals surface area (Å²) in [5, 5.41) is 0.673. The van der Waals surface area contributed by atoms with Crippen LogP contribution in [0.3, 0.4) is 0 Å². The molecule has 1 aromatic rings. The lowest BCUT2D eigenvalue weighted by Crippen LogP contribution is -2.53. The molecule has 1 spiro atoms. The van der Waals surface area contributed by atoms with Crippen LogP contribution in [0.5, 0.6) is 0 Å². The van der Waals surface area contributed by atoms with Crippen LogP contribution in [0.4, 0.5) is 5.69 Å². The number of amides is 2. The van der Waals surface area contributed by atoms with Crippen molar-refractivity contribution in [2.75, 3.05) is 23.7 Å². The van der Waals surface area contributed by atoms with Crippen LogP contribution in [0, 0.1) is 0 Å². The van der Waals surface area contributed by atoms with E-state index in [0.717, 1.165) is 44.5 Å². The van der Waals surface area contributed by atoms with Crippen molar-refractivity contribution in [2.24, 2.45) is 0 Å². The Morgan fingerprint density at radius 3 is 2.44 bits per heavy atom. The third-order valence-electron chi connectivity index (χ3n) is 5.60. The van der Waals surface area contributed by atoms with Crippen LogP contribution >= 0.6 is 23.4 Å². The van der Waals surface area contributed by atoms with E-state index in [2.05, 4.69) is 6.92 Å². The molecule has 0 aromatic heterocycles. The fourth-order valence-electron chi connectivity index (χ4n) is 4.03. The molecule has 2 fully saturated rings. The normalized spacial score (nSPS) is 19.1. The molecule has 6 heteroatoms. The van der Waals surface area contributed by atoms with Crippen molar-refractivity contribution in [3.05, 3.63) is 29.3 Å². The van der Waals surface area contributed by atoms with Crippen molar-refractivity contribution in [1.29, 1.82) is 0 Å². The van der Waals surface area contributed by atoms with Gasteiger partial charge in [-0.2, -0.15) is 0 Å². The maximum absolute atomic E-state index is 12.6. The SMILES string of the molecule is CCCCCCCC(=O)N1CCC2(CC1)SCC(=O)N2c1ccc(Cl)cc1. The molecule has 2 amide bonds. The molecular formula is C21H29ClN2O2S.